The Morgan fingerprint density at radius 1 is 1.30 bits per heavy atom. The number of terminal acetylenes is 1. The minimum Gasteiger partial charge on any atom is -0.315 e. The summed E-state index contributed by atoms with van der Waals surface area (Å²) in [5.41, 5.74) is 5.49. The molecule has 0 radical (unpaired) electrons. The maximum Gasteiger partial charge on any atom is 0.0773 e. The third-order valence-corrected chi connectivity index (χ3v) is 1.78. The summed E-state index contributed by atoms with van der Waals surface area (Å²) in [6, 6.07) is 0. The van der Waals surface area contributed by atoms with Gasteiger partial charge in [-0.3, -0.25) is 0 Å². The van der Waals surface area contributed by atoms with Gasteiger partial charge in [-0.2, -0.15) is 0 Å². The van der Waals surface area contributed by atoms with Gasteiger partial charge in [-0.15, -0.1) is 6.42 Å². The summed E-state index contributed by atoms with van der Waals surface area (Å²) in [5, 5.41) is 0. The van der Waals surface area contributed by atoms with Crippen LogP contribution in [0.25, 0.3) is 0 Å². The highest BCUT2D eigenvalue weighted by Gasteiger charge is 2.25. The Bertz CT molecular complexity index is 115. The molecule has 0 aromatic heterocycles. The maximum absolute atomic E-state index is 5.72. The molecule has 0 aliphatic heterocycles. The predicted molar refractivity (Wildman–Crippen MR) is 45.6 cm³/mol. The van der Waals surface area contributed by atoms with Crippen molar-refractivity contribution in [3.8, 4) is 12.3 Å². The summed E-state index contributed by atoms with van der Waals surface area (Å²) in [4.78, 5) is 0. The monoisotopic (exact) mass is 139 g/mol. The molecule has 0 atom stereocenters. The molecule has 0 bridgehead atoms. The second-order valence-electron chi connectivity index (χ2n) is 2.51. The first kappa shape index (κ1) is 9.52. The van der Waals surface area contributed by atoms with E-state index in [2.05, 4.69) is 5.92 Å². The molecule has 1 nitrogen and oxygen atoms in total. The summed E-state index contributed by atoms with van der Waals surface area (Å²) in [5.74, 6) is 2.62. The summed E-state index contributed by atoms with van der Waals surface area (Å²) in [6.07, 6.45) is 9.65. The molecule has 1 saturated carbocycles. The summed E-state index contributed by atoms with van der Waals surface area (Å²) in [7, 11) is 0. The number of rotatable bonds is 0. The van der Waals surface area contributed by atoms with Crippen LogP contribution in [0.2, 0.25) is 0 Å². The molecule has 1 heteroatoms. The van der Waals surface area contributed by atoms with Crippen molar-refractivity contribution in [2.24, 2.45) is 5.73 Å². The average Bonchev–Trinajstić information content (AvgIpc) is 2.42. The number of hydrogen-bond acceptors (Lipinski definition) is 1. The summed E-state index contributed by atoms with van der Waals surface area (Å²) < 4.78 is 0. The van der Waals surface area contributed by atoms with Crippen molar-refractivity contribution in [3.63, 3.8) is 0 Å². The van der Waals surface area contributed by atoms with Crippen molar-refractivity contribution in [1.82, 2.24) is 0 Å². The minimum atomic E-state index is -0.236. The van der Waals surface area contributed by atoms with Crippen LogP contribution in [-0.2, 0) is 0 Å². The summed E-state index contributed by atoms with van der Waals surface area (Å²) >= 11 is 0. The Labute approximate surface area is 64.0 Å². The van der Waals surface area contributed by atoms with Gasteiger partial charge in [0.15, 0.2) is 0 Å². The van der Waals surface area contributed by atoms with E-state index in [0.29, 0.717) is 0 Å². The topological polar surface area (TPSA) is 26.0 Å². The number of nitrogens with two attached hydrogens (primary N) is 1. The van der Waals surface area contributed by atoms with Gasteiger partial charge in [-0.1, -0.05) is 32.6 Å². The fraction of sp³-hybridized carbons (Fsp3) is 0.778. The van der Waals surface area contributed by atoms with Gasteiger partial charge in [-0.25, -0.2) is 0 Å². The van der Waals surface area contributed by atoms with Crippen molar-refractivity contribution >= 4 is 0 Å². The molecule has 0 spiro atoms. The van der Waals surface area contributed by atoms with Gasteiger partial charge in [0.25, 0.3) is 0 Å². The van der Waals surface area contributed by atoms with Crippen molar-refractivity contribution < 1.29 is 0 Å². The van der Waals surface area contributed by atoms with Gasteiger partial charge in [0.05, 0.1) is 5.54 Å². The van der Waals surface area contributed by atoms with Crippen LogP contribution in [0.4, 0.5) is 0 Å². The fourth-order valence-electron chi connectivity index (χ4n) is 1.15. The van der Waals surface area contributed by atoms with Crippen LogP contribution in [0.15, 0.2) is 0 Å². The third kappa shape index (κ3) is 2.41. The number of hydrogen-bond donors (Lipinski definition) is 1. The highest BCUT2D eigenvalue weighted by molar-refractivity contribution is 5.12. The van der Waals surface area contributed by atoms with Gasteiger partial charge in [0.2, 0.25) is 0 Å². The van der Waals surface area contributed by atoms with E-state index >= 15 is 0 Å². The molecule has 58 valence electrons. The van der Waals surface area contributed by atoms with Crippen LogP contribution in [-0.4, -0.2) is 5.54 Å². The molecule has 1 fully saturated rings. The minimum absolute atomic E-state index is 0.236. The smallest absolute Gasteiger partial charge is 0.0773 e. The van der Waals surface area contributed by atoms with E-state index in [1.54, 1.807) is 0 Å². The highest BCUT2D eigenvalue weighted by atomic mass is 14.7. The first-order chi connectivity index (χ1) is 4.77. The molecule has 0 heterocycles. The van der Waals surface area contributed by atoms with Gasteiger partial charge in [0.1, 0.15) is 0 Å². The van der Waals surface area contributed by atoms with Crippen LogP contribution in [0, 0.1) is 12.3 Å². The molecule has 0 aromatic carbocycles. The van der Waals surface area contributed by atoms with E-state index in [9.17, 15) is 0 Å². The molecule has 1 rings (SSSR count). The molecular formula is C9H17N. The van der Waals surface area contributed by atoms with Crippen LogP contribution in [0.3, 0.4) is 0 Å². The van der Waals surface area contributed by atoms with Gasteiger partial charge >= 0.3 is 0 Å². The second-order valence-corrected chi connectivity index (χ2v) is 2.51. The van der Waals surface area contributed by atoms with Crippen LogP contribution in [0.1, 0.15) is 39.5 Å². The van der Waals surface area contributed by atoms with Gasteiger partial charge in [0, 0.05) is 0 Å². The Morgan fingerprint density at radius 3 is 1.90 bits per heavy atom. The molecule has 1 aliphatic carbocycles. The molecule has 0 amide bonds. The molecule has 0 unspecified atom stereocenters. The van der Waals surface area contributed by atoms with E-state index in [4.69, 9.17) is 12.2 Å². The standard InChI is InChI=1S/C7H11N.C2H6/c1-2-7(8)5-3-4-6-7;1-2/h1H,3-6,8H2;1-2H3. The molecule has 2 N–H and O–H groups in total. The molecule has 1 aliphatic rings. The lowest BCUT2D eigenvalue weighted by molar-refractivity contribution is 0.573. The molecule has 10 heavy (non-hydrogen) atoms. The van der Waals surface area contributed by atoms with E-state index in [0.717, 1.165) is 12.8 Å². The molecule has 0 saturated heterocycles. The van der Waals surface area contributed by atoms with Crippen LogP contribution < -0.4 is 5.73 Å². The lowest BCUT2D eigenvalue weighted by Crippen LogP contribution is -2.33. The third-order valence-electron chi connectivity index (χ3n) is 1.78. The Kier molecular flexibility index (Phi) is 4.14. The summed E-state index contributed by atoms with van der Waals surface area (Å²) in [6.45, 7) is 4.00. The fourth-order valence-corrected chi connectivity index (χ4v) is 1.15. The van der Waals surface area contributed by atoms with E-state index < -0.39 is 0 Å². The quantitative estimate of drug-likeness (QED) is 0.510. The maximum atomic E-state index is 5.72. The van der Waals surface area contributed by atoms with E-state index in [-0.39, 0.29) is 5.54 Å². The van der Waals surface area contributed by atoms with Gasteiger partial charge < -0.3 is 5.73 Å². The lowest BCUT2D eigenvalue weighted by Gasteiger charge is -2.13. The first-order valence-electron chi connectivity index (χ1n) is 4.03. The van der Waals surface area contributed by atoms with Crippen molar-refractivity contribution in [2.75, 3.05) is 0 Å². The Morgan fingerprint density at radius 2 is 1.70 bits per heavy atom. The first-order valence-corrected chi connectivity index (χ1v) is 4.03. The predicted octanol–water partition coefficient (Wildman–Crippen LogP) is 1.92. The average molecular weight is 139 g/mol. The molecular weight excluding hydrogens is 122 g/mol. The zero-order chi connectivity index (χ0) is 8.04. The zero-order valence-electron chi connectivity index (χ0n) is 6.98. The largest absolute Gasteiger partial charge is 0.315 e. The Hall–Kier alpha value is -0.480. The van der Waals surface area contributed by atoms with Crippen molar-refractivity contribution in [1.29, 1.82) is 0 Å². The SMILES string of the molecule is C#CC1(N)CCCC1.CC. The highest BCUT2D eigenvalue weighted by Crippen LogP contribution is 2.25. The zero-order valence-corrected chi connectivity index (χ0v) is 6.98. The van der Waals surface area contributed by atoms with E-state index in [1.807, 2.05) is 13.8 Å². The van der Waals surface area contributed by atoms with Crippen LogP contribution in [0.5, 0.6) is 0 Å². The van der Waals surface area contributed by atoms with E-state index in [1.165, 1.54) is 12.8 Å². The van der Waals surface area contributed by atoms with Crippen LogP contribution >= 0.6 is 0 Å². The van der Waals surface area contributed by atoms with Gasteiger partial charge in [-0.05, 0) is 12.8 Å². The van der Waals surface area contributed by atoms with Crippen molar-refractivity contribution in [3.05, 3.63) is 0 Å². The normalized spacial score (nSPS) is 20.6. The lowest BCUT2D eigenvalue weighted by atomic mass is 10.0. The Balaban J connectivity index is 0.000000371. The molecule has 0 aromatic rings. The second kappa shape index (κ2) is 4.35. The van der Waals surface area contributed by atoms with Crippen molar-refractivity contribution in [2.45, 2.75) is 45.1 Å².